The molecule has 1 saturated heterocycles. The van der Waals surface area contributed by atoms with Gasteiger partial charge in [0.2, 0.25) is 5.91 Å². The van der Waals surface area contributed by atoms with Crippen molar-refractivity contribution in [3.05, 3.63) is 0 Å². The van der Waals surface area contributed by atoms with E-state index in [4.69, 9.17) is 0 Å². The number of fused-ring (bicyclic) bond motifs is 5. The lowest BCUT2D eigenvalue weighted by molar-refractivity contribution is -0.657. The monoisotopic (exact) mass is 471 g/mol. The maximum atomic E-state index is 12.7. The quantitative estimate of drug-likeness (QED) is 0.581. The highest BCUT2D eigenvalue weighted by Crippen LogP contribution is 2.68. The summed E-state index contributed by atoms with van der Waals surface area (Å²) in [6.07, 6.45) is 17.1. The number of rotatable bonds is 6. The Balaban J connectivity index is 1.16. The molecule has 5 aliphatic rings. The van der Waals surface area contributed by atoms with Gasteiger partial charge in [-0.2, -0.15) is 0 Å². The van der Waals surface area contributed by atoms with Crippen LogP contribution < -0.4 is 10.6 Å². The molecule has 34 heavy (non-hydrogen) atoms. The van der Waals surface area contributed by atoms with Crippen molar-refractivity contribution < 1.29 is 14.9 Å². The molecule has 10 atom stereocenters. The average molecular weight is 472 g/mol. The van der Waals surface area contributed by atoms with Crippen LogP contribution in [-0.4, -0.2) is 30.3 Å². The highest BCUT2D eigenvalue weighted by atomic mass is 16.1. The Kier molecular flexibility index (Phi) is 6.94. The molecule has 4 saturated carbocycles. The van der Waals surface area contributed by atoms with Crippen molar-refractivity contribution in [2.24, 2.45) is 46.3 Å². The Hall–Kier alpha value is -0.900. The number of nitrogens with one attached hydrogen (secondary N) is 1. The van der Waals surface area contributed by atoms with E-state index in [9.17, 15) is 9.59 Å². The van der Waals surface area contributed by atoms with E-state index in [2.05, 4.69) is 31.4 Å². The second-order valence-electron chi connectivity index (χ2n) is 13.8. The van der Waals surface area contributed by atoms with Crippen LogP contribution in [0.15, 0.2) is 0 Å². The first kappa shape index (κ1) is 24.8. The molecule has 192 valence electrons. The standard InChI is InChI=1S/C30H50N2O2/c1-19(8-13-28(34)32-22-17-27(20(2)33)31-18-22)24-11-12-25-23-10-9-21-7-5-6-15-29(21,3)26(23)14-16-30(24,25)4/h19,21-27,31H,5-18H2,1-4H3,(H,32,34)/p+1/t19-,21?,22+,23?,24-,25?,26?,27+,29+,30-/m1/s1. The fourth-order valence-electron chi connectivity index (χ4n) is 10.4. The second-order valence-corrected chi connectivity index (χ2v) is 13.8. The Morgan fingerprint density at radius 3 is 2.53 bits per heavy atom. The Morgan fingerprint density at radius 2 is 1.76 bits per heavy atom. The van der Waals surface area contributed by atoms with E-state index in [1.165, 1.54) is 64.2 Å². The molecule has 0 bridgehead atoms. The SMILES string of the molecule is CC(=O)[C@@H]1C[C@H](NC(=O)CC[C@@H](C)[C@H]2CCC3C4CCC5CCCC[C@]5(C)C4CC[C@@]32C)C[NH2+]1. The van der Waals surface area contributed by atoms with Crippen LogP contribution in [0.4, 0.5) is 0 Å². The van der Waals surface area contributed by atoms with Gasteiger partial charge >= 0.3 is 0 Å². The normalized spacial score (nSPS) is 46.8. The predicted octanol–water partition coefficient (Wildman–Crippen LogP) is 4.86. The number of Topliss-reactive ketones (excluding diaryl/α,β-unsaturated/α-hetero) is 1. The summed E-state index contributed by atoms with van der Waals surface area (Å²) < 4.78 is 0. The van der Waals surface area contributed by atoms with E-state index in [-0.39, 0.29) is 23.8 Å². The third-order valence-electron chi connectivity index (χ3n) is 12.3. The summed E-state index contributed by atoms with van der Waals surface area (Å²) in [7, 11) is 0. The summed E-state index contributed by atoms with van der Waals surface area (Å²) in [6, 6.07) is 0.206. The number of nitrogens with two attached hydrogens (primary N) is 1. The molecule has 1 aliphatic heterocycles. The molecule has 4 aliphatic carbocycles. The molecule has 0 radical (unpaired) electrons. The number of carbonyl (C=O) groups is 2. The first-order valence-electron chi connectivity index (χ1n) is 14.9. The molecule has 5 rings (SSSR count). The van der Waals surface area contributed by atoms with Gasteiger partial charge in [-0.15, -0.1) is 0 Å². The van der Waals surface area contributed by atoms with Gasteiger partial charge in [0.1, 0.15) is 6.04 Å². The van der Waals surface area contributed by atoms with Gasteiger partial charge in [0.05, 0.1) is 12.6 Å². The van der Waals surface area contributed by atoms with Crippen LogP contribution in [0.2, 0.25) is 0 Å². The number of ketones is 1. The molecule has 4 nitrogen and oxygen atoms in total. The molecule has 1 amide bonds. The summed E-state index contributed by atoms with van der Waals surface area (Å²) in [4.78, 5) is 24.3. The summed E-state index contributed by atoms with van der Waals surface area (Å²) in [5, 5.41) is 5.31. The lowest BCUT2D eigenvalue weighted by Gasteiger charge is -2.61. The molecule has 1 heterocycles. The van der Waals surface area contributed by atoms with Crippen LogP contribution in [-0.2, 0) is 9.59 Å². The van der Waals surface area contributed by atoms with Crippen LogP contribution in [0.3, 0.4) is 0 Å². The fraction of sp³-hybridized carbons (Fsp3) is 0.933. The van der Waals surface area contributed by atoms with Crippen molar-refractivity contribution in [3.8, 4) is 0 Å². The topological polar surface area (TPSA) is 62.8 Å². The summed E-state index contributed by atoms with van der Waals surface area (Å²) in [6.45, 7) is 10.3. The van der Waals surface area contributed by atoms with E-state index < -0.39 is 0 Å². The molecule has 0 aromatic carbocycles. The van der Waals surface area contributed by atoms with Gasteiger partial charge in [0.15, 0.2) is 5.78 Å². The first-order chi connectivity index (χ1) is 16.2. The van der Waals surface area contributed by atoms with Gasteiger partial charge < -0.3 is 10.6 Å². The van der Waals surface area contributed by atoms with E-state index >= 15 is 0 Å². The molecule has 4 unspecified atom stereocenters. The van der Waals surface area contributed by atoms with Crippen LogP contribution in [0.1, 0.15) is 111 Å². The van der Waals surface area contributed by atoms with Crippen molar-refractivity contribution in [1.29, 1.82) is 0 Å². The number of carbonyl (C=O) groups excluding carboxylic acids is 2. The minimum absolute atomic E-state index is 0.0423. The van der Waals surface area contributed by atoms with Crippen molar-refractivity contribution in [2.75, 3.05) is 6.54 Å². The third kappa shape index (κ3) is 4.28. The molecule has 4 heteroatoms. The van der Waals surface area contributed by atoms with Crippen molar-refractivity contribution in [2.45, 2.75) is 123 Å². The molecule has 0 aromatic heterocycles. The van der Waals surface area contributed by atoms with Crippen LogP contribution in [0, 0.1) is 46.3 Å². The van der Waals surface area contributed by atoms with Gasteiger partial charge in [0.25, 0.3) is 0 Å². The lowest BCUT2D eigenvalue weighted by Crippen LogP contribution is -2.89. The zero-order valence-electron chi connectivity index (χ0n) is 22.4. The highest BCUT2D eigenvalue weighted by molar-refractivity contribution is 5.80. The zero-order valence-corrected chi connectivity index (χ0v) is 22.4. The highest BCUT2D eigenvalue weighted by Gasteiger charge is 2.60. The first-order valence-corrected chi connectivity index (χ1v) is 14.9. The Labute approximate surface area is 208 Å². The van der Waals surface area contributed by atoms with Gasteiger partial charge in [-0.25, -0.2) is 0 Å². The van der Waals surface area contributed by atoms with Gasteiger partial charge in [-0.05, 0) is 104 Å². The number of amides is 1. The summed E-state index contributed by atoms with van der Waals surface area (Å²) >= 11 is 0. The molecule has 0 spiro atoms. The van der Waals surface area contributed by atoms with Gasteiger partial charge in [0, 0.05) is 19.8 Å². The maximum absolute atomic E-state index is 12.7. The van der Waals surface area contributed by atoms with Gasteiger partial charge in [-0.3, -0.25) is 9.59 Å². The van der Waals surface area contributed by atoms with Gasteiger partial charge in [-0.1, -0.05) is 33.6 Å². The summed E-state index contributed by atoms with van der Waals surface area (Å²) in [5.74, 6) is 5.70. The predicted molar refractivity (Wildman–Crippen MR) is 136 cm³/mol. The number of quaternary nitrogens is 1. The van der Waals surface area contributed by atoms with E-state index in [0.29, 0.717) is 23.2 Å². The smallest absolute Gasteiger partial charge is 0.220 e. The minimum Gasteiger partial charge on any atom is -0.347 e. The lowest BCUT2D eigenvalue weighted by atomic mass is 9.44. The van der Waals surface area contributed by atoms with Crippen molar-refractivity contribution in [1.82, 2.24) is 5.32 Å². The maximum Gasteiger partial charge on any atom is 0.220 e. The zero-order chi connectivity index (χ0) is 24.1. The minimum atomic E-state index is 0.0423. The van der Waals surface area contributed by atoms with Crippen molar-refractivity contribution in [3.63, 3.8) is 0 Å². The Morgan fingerprint density at radius 1 is 0.971 bits per heavy atom. The third-order valence-corrected chi connectivity index (χ3v) is 12.3. The van der Waals surface area contributed by atoms with E-state index in [1.54, 1.807) is 6.92 Å². The van der Waals surface area contributed by atoms with Crippen LogP contribution in [0.5, 0.6) is 0 Å². The molecular weight excluding hydrogens is 420 g/mol. The molecular formula is C30H51N2O2+. The summed E-state index contributed by atoms with van der Waals surface area (Å²) in [5.41, 5.74) is 1.12. The van der Waals surface area contributed by atoms with Crippen LogP contribution >= 0.6 is 0 Å². The molecule has 0 aromatic rings. The van der Waals surface area contributed by atoms with E-state index in [1.807, 2.05) is 0 Å². The molecule has 5 fully saturated rings. The van der Waals surface area contributed by atoms with Crippen LogP contribution in [0.25, 0.3) is 0 Å². The number of hydrogen-bond acceptors (Lipinski definition) is 2. The fourth-order valence-corrected chi connectivity index (χ4v) is 10.4. The van der Waals surface area contributed by atoms with Crippen molar-refractivity contribution >= 4 is 11.7 Å². The Bertz CT molecular complexity index is 782. The van der Waals surface area contributed by atoms with E-state index in [0.717, 1.165) is 49.0 Å². The average Bonchev–Trinajstić information content (AvgIpc) is 3.41. The largest absolute Gasteiger partial charge is 0.347 e. The second kappa shape index (κ2) is 9.52. The number of hydrogen-bond donors (Lipinski definition) is 2. The molecule has 3 N–H and O–H groups in total.